The van der Waals surface area contributed by atoms with Gasteiger partial charge >= 0.3 is 0 Å². The minimum Gasteiger partial charge on any atom is -0.343 e. The SMILES string of the molecule is Cc1ccc(-n2c3ccc(-c4ccc5c(c4)c4ccccc4c4c6ccccc6n(C)c54)cc3c3c4ccccc4ccc32)cc1. The van der Waals surface area contributed by atoms with Gasteiger partial charge in [0.15, 0.2) is 0 Å². The lowest BCUT2D eigenvalue weighted by atomic mass is 9.93. The molecule has 8 aromatic carbocycles. The van der Waals surface area contributed by atoms with Crippen molar-refractivity contribution in [3.8, 4) is 16.8 Å². The standard InChI is InChI=1S/C44H30N2/c1-27-15-20-31(21-16-27)46-40-23-19-30(26-38(40)42-32-10-4-3-9-28(32)18-24-41(42)46)29-17-22-35-37(25-29)33-11-5-6-12-34(33)43-36-13-7-8-14-39(36)45(2)44(35)43/h3-26H,1-2H3. The van der Waals surface area contributed by atoms with Crippen molar-refractivity contribution in [2.24, 2.45) is 7.05 Å². The highest BCUT2D eigenvalue weighted by molar-refractivity contribution is 6.32. The molecule has 0 saturated heterocycles. The van der Waals surface area contributed by atoms with Gasteiger partial charge in [-0.25, -0.2) is 0 Å². The Hall–Kier alpha value is -5.86. The average molecular weight is 587 g/mol. The summed E-state index contributed by atoms with van der Waals surface area (Å²) in [6, 6.07) is 54.0. The molecule has 10 rings (SSSR count). The number of benzene rings is 8. The van der Waals surface area contributed by atoms with Crippen molar-refractivity contribution in [3.05, 3.63) is 151 Å². The van der Waals surface area contributed by atoms with Gasteiger partial charge in [-0.3, -0.25) is 0 Å². The second-order valence-corrected chi connectivity index (χ2v) is 12.7. The van der Waals surface area contributed by atoms with Crippen molar-refractivity contribution in [1.29, 1.82) is 0 Å². The van der Waals surface area contributed by atoms with Crippen LogP contribution in [0.15, 0.2) is 146 Å². The third kappa shape index (κ3) is 3.41. The number of fused-ring (bicyclic) bond motifs is 13. The fourth-order valence-corrected chi connectivity index (χ4v) is 8.01. The zero-order valence-electron chi connectivity index (χ0n) is 25.8. The molecule has 2 heteroatoms. The van der Waals surface area contributed by atoms with E-state index in [2.05, 4.69) is 169 Å². The highest BCUT2D eigenvalue weighted by Gasteiger charge is 2.18. The fourth-order valence-electron chi connectivity index (χ4n) is 8.01. The van der Waals surface area contributed by atoms with Crippen molar-refractivity contribution in [2.45, 2.75) is 6.92 Å². The van der Waals surface area contributed by atoms with Gasteiger partial charge in [0.1, 0.15) is 0 Å². The first-order valence-electron chi connectivity index (χ1n) is 16.0. The molecule has 2 nitrogen and oxygen atoms in total. The Kier molecular flexibility index (Phi) is 5.16. The first kappa shape index (κ1) is 25.5. The Morgan fingerprint density at radius 2 is 1.07 bits per heavy atom. The molecule has 0 fully saturated rings. The molecule has 216 valence electrons. The smallest absolute Gasteiger partial charge is 0.0574 e. The van der Waals surface area contributed by atoms with Crippen molar-refractivity contribution in [1.82, 2.24) is 9.13 Å². The summed E-state index contributed by atoms with van der Waals surface area (Å²) in [4.78, 5) is 0. The van der Waals surface area contributed by atoms with E-state index in [1.807, 2.05) is 0 Å². The molecule has 0 N–H and O–H groups in total. The number of aromatic nitrogens is 2. The average Bonchev–Trinajstić information content (AvgIpc) is 3.61. The summed E-state index contributed by atoms with van der Waals surface area (Å²) >= 11 is 0. The monoisotopic (exact) mass is 586 g/mol. The molecule has 0 aliphatic heterocycles. The van der Waals surface area contributed by atoms with E-state index in [0.717, 1.165) is 0 Å². The van der Waals surface area contributed by atoms with Crippen LogP contribution in [0.25, 0.3) is 92.7 Å². The van der Waals surface area contributed by atoms with Crippen molar-refractivity contribution in [2.75, 3.05) is 0 Å². The Morgan fingerprint density at radius 3 is 1.89 bits per heavy atom. The normalized spacial score (nSPS) is 12.1. The van der Waals surface area contributed by atoms with Gasteiger partial charge in [0.05, 0.1) is 16.6 Å². The van der Waals surface area contributed by atoms with Gasteiger partial charge in [-0.05, 0) is 87.4 Å². The van der Waals surface area contributed by atoms with E-state index in [-0.39, 0.29) is 0 Å². The largest absolute Gasteiger partial charge is 0.343 e. The summed E-state index contributed by atoms with van der Waals surface area (Å²) in [5.41, 5.74) is 9.93. The zero-order valence-corrected chi connectivity index (χ0v) is 25.8. The van der Waals surface area contributed by atoms with Gasteiger partial charge in [0, 0.05) is 45.2 Å². The van der Waals surface area contributed by atoms with Gasteiger partial charge in [-0.15, -0.1) is 0 Å². The van der Waals surface area contributed by atoms with Crippen LogP contribution in [0.5, 0.6) is 0 Å². The number of rotatable bonds is 2. The zero-order chi connectivity index (χ0) is 30.5. The molecule has 0 bridgehead atoms. The second-order valence-electron chi connectivity index (χ2n) is 12.7. The van der Waals surface area contributed by atoms with E-state index in [9.17, 15) is 0 Å². The fraction of sp³-hybridized carbons (Fsp3) is 0.0455. The molecule has 0 aliphatic rings. The summed E-state index contributed by atoms with van der Waals surface area (Å²) in [7, 11) is 2.20. The van der Waals surface area contributed by atoms with Crippen LogP contribution in [0, 0.1) is 6.92 Å². The first-order chi connectivity index (χ1) is 22.7. The van der Waals surface area contributed by atoms with Crippen LogP contribution in [0.1, 0.15) is 5.56 Å². The molecule has 0 unspecified atom stereocenters. The van der Waals surface area contributed by atoms with E-state index >= 15 is 0 Å². The minimum atomic E-state index is 1.18. The van der Waals surface area contributed by atoms with E-state index in [1.165, 1.54) is 98.3 Å². The van der Waals surface area contributed by atoms with Crippen LogP contribution < -0.4 is 0 Å². The van der Waals surface area contributed by atoms with Crippen molar-refractivity contribution in [3.63, 3.8) is 0 Å². The van der Waals surface area contributed by atoms with Gasteiger partial charge in [0.25, 0.3) is 0 Å². The number of nitrogens with zero attached hydrogens (tertiary/aromatic N) is 2. The summed E-state index contributed by atoms with van der Waals surface area (Å²) in [5, 5.41) is 13.0. The Balaban J connectivity index is 1.28. The third-order valence-electron chi connectivity index (χ3n) is 10.1. The maximum atomic E-state index is 2.42. The molecule has 0 atom stereocenters. The summed E-state index contributed by atoms with van der Waals surface area (Å²) < 4.78 is 4.79. The maximum absolute atomic E-state index is 2.42. The molecule has 46 heavy (non-hydrogen) atoms. The molecule has 0 saturated carbocycles. The summed E-state index contributed by atoms with van der Waals surface area (Å²) in [6.45, 7) is 2.15. The highest BCUT2D eigenvalue weighted by Crippen LogP contribution is 2.43. The van der Waals surface area contributed by atoms with Crippen molar-refractivity contribution >= 4 is 75.9 Å². The van der Waals surface area contributed by atoms with Crippen LogP contribution >= 0.6 is 0 Å². The molecule has 2 heterocycles. The summed E-state index contributed by atoms with van der Waals surface area (Å²) in [5.74, 6) is 0. The molecular formula is C44H30N2. The van der Waals surface area contributed by atoms with E-state index in [1.54, 1.807) is 0 Å². The molecule has 2 aromatic heterocycles. The van der Waals surface area contributed by atoms with Gasteiger partial charge in [0.2, 0.25) is 0 Å². The van der Waals surface area contributed by atoms with E-state index in [0.29, 0.717) is 0 Å². The third-order valence-corrected chi connectivity index (χ3v) is 10.1. The Morgan fingerprint density at radius 1 is 0.413 bits per heavy atom. The quantitative estimate of drug-likeness (QED) is 0.178. The Labute approximate surface area is 266 Å². The molecular weight excluding hydrogens is 556 g/mol. The van der Waals surface area contributed by atoms with Crippen LogP contribution in [-0.2, 0) is 7.05 Å². The molecule has 0 aliphatic carbocycles. The highest BCUT2D eigenvalue weighted by atomic mass is 15.0. The van der Waals surface area contributed by atoms with Crippen molar-refractivity contribution < 1.29 is 0 Å². The molecule has 0 amide bonds. The predicted octanol–water partition coefficient (Wildman–Crippen LogP) is 11.9. The van der Waals surface area contributed by atoms with Gasteiger partial charge < -0.3 is 9.13 Å². The number of hydrogen-bond donors (Lipinski definition) is 0. The number of aryl methyl sites for hydroxylation is 2. The maximum Gasteiger partial charge on any atom is 0.0574 e. The van der Waals surface area contributed by atoms with Crippen LogP contribution in [0.4, 0.5) is 0 Å². The first-order valence-corrected chi connectivity index (χ1v) is 16.0. The molecule has 0 radical (unpaired) electrons. The lowest BCUT2D eigenvalue weighted by Gasteiger charge is -2.12. The summed E-state index contributed by atoms with van der Waals surface area (Å²) in [6.07, 6.45) is 0. The van der Waals surface area contributed by atoms with E-state index < -0.39 is 0 Å². The predicted molar refractivity (Wildman–Crippen MR) is 197 cm³/mol. The minimum absolute atomic E-state index is 1.18. The Bertz CT molecular complexity index is 2860. The topological polar surface area (TPSA) is 9.86 Å². The second kappa shape index (κ2) is 9.32. The van der Waals surface area contributed by atoms with Crippen LogP contribution in [-0.4, -0.2) is 9.13 Å². The lowest BCUT2D eigenvalue weighted by molar-refractivity contribution is 1.02. The van der Waals surface area contributed by atoms with Gasteiger partial charge in [-0.1, -0.05) is 109 Å². The van der Waals surface area contributed by atoms with E-state index in [4.69, 9.17) is 0 Å². The number of para-hydroxylation sites is 1. The lowest BCUT2D eigenvalue weighted by Crippen LogP contribution is -1.93. The van der Waals surface area contributed by atoms with Gasteiger partial charge in [-0.2, -0.15) is 0 Å². The molecule has 10 aromatic rings. The van der Waals surface area contributed by atoms with Crippen LogP contribution in [0.2, 0.25) is 0 Å². The number of hydrogen-bond acceptors (Lipinski definition) is 0. The molecule has 0 spiro atoms. The van der Waals surface area contributed by atoms with Crippen LogP contribution in [0.3, 0.4) is 0 Å².